The van der Waals surface area contributed by atoms with Gasteiger partial charge in [0.25, 0.3) is 5.91 Å². The van der Waals surface area contributed by atoms with Gasteiger partial charge in [-0.2, -0.15) is 5.26 Å². The molecule has 3 aromatic heterocycles. The Labute approximate surface area is 212 Å². The minimum atomic E-state index is -0.269. The number of hydrogen-bond acceptors (Lipinski definition) is 7. The van der Waals surface area contributed by atoms with Crippen molar-refractivity contribution in [3.63, 3.8) is 0 Å². The molecule has 1 spiro atoms. The summed E-state index contributed by atoms with van der Waals surface area (Å²) in [5, 5.41) is 11.9. The number of imidazole rings is 1. The van der Waals surface area contributed by atoms with Crippen molar-refractivity contribution in [1.29, 1.82) is 5.26 Å². The molecule has 10 heteroatoms. The lowest BCUT2D eigenvalue weighted by atomic mass is 10.0. The Balaban J connectivity index is 1.37. The fourth-order valence-corrected chi connectivity index (χ4v) is 5.19. The van der Waals surface area contributed by atoms with Crippen LogP contribution in [0, 0.1) is 16.7 Å². The molecule has 2 amide bonds. The average molecular weight is 493 g/mol. The van der Waals surface area contributed by atoms with Crippen molar-refractivity contribution in [3.05, 3.63) is 72.4 Å². The number of fused-ring (bicyclic) bond motifs is 1. The van der Waals surface area contributed by atoms with Gasteiger partial charge in [-0.25, -0.2) is 15.0 Å². The quantitative estimate of drug-likeness (QED) is 0.433. The van der Waals surface area contributed by atoms with E-state index < -0.39 is 0 Å². The van der Waals surface area contributed by atoms with Crippen LogP contribution < -0.4 is 11.1 Å². The van der Waals surface area contributed by atoms with Crippen LogP contribution in [0.25, 0.3) is 16.8 Å². The first-order valence-electron chi connectivity index (χ1n) is 12.1. The van der Waals surface area contributed by atoms with Crippen molar-refractivity contribution in [3.8, 4) is 17.3 Å². The molecular formula is C27H24N8O2. The van der Waals surface area contributed by atoms with Crippen LogP contribution in [0.2, 0.25) is 0 Å². The number of likely N-dealkylation sites (tertiary alicyclic amines) is 1. The summed E-state index contributed by atoms with van der Waals surface area (Å²) in [6.45, 7) is 0.642. The molecule has 0 radical (unpaired) electrons. The van der Waals surface area contributed by atoms with E-state index in [9.17, 15) is 9.59 Å². The molecule has 2 aliphatic rings. The second-order valence-electron chi connectivity index (χ2n) is 9.67. The first-order chi connectivity index (χ1) is 18.0. The Morgan fingerprint density at radius 1 is 1.14 bits per heavy atom. The summed E-state index contributed by atoms with van der Waals surface area (Å²) < 4.78 is 1.90. The molecule has 1 saturated carbocycles. The lowest BCUT2D eigenvalue weighted by Gasteiger charge is -2.23. The molecule has 2 fully saturated rings. The van der Waals surface area contributed by atoms with E-state index in [1.807, 2.05) is 22.6 Å². The van der Waals surface area contributed by atoms with Crippen molar-refractivity contribution < 1.29 is 9.59 Å². The average Bonchev–Trinajstić information content (AvgIpc) is 3.38. The Morgan fingerprint density at radius 2 is 1.95 bits per heavy atom. The number of benzene rings is 1. The number of pyridine rings is 1. The minimum absolute atomic E-state index is 0.114. The summed E-state index contributed by atoms with van der Waals surface area (Å²) in [6.07, 6.45) is 7.82. The van der Waals surface area contributed by atoms with Crippen LogP contribution in [0.1, 0.15) is 47.9 Å². The van der Waals surface area contributed by atoms with Gasteiger partial charge in [0.2, 0.25) is 5.91 Å². The van der Waals surface area contributed by atoms with Crippen molar-refractivity contribution in [2.24, 2.45) is 5.41 Å². The molecule has 4 heterocycles. The molecule has 1 aliphatic carbocycles. The van der Waals surface area contributed by atoms with Gasteiger partial charge in [0.15, 0.2) is 0 Å². The van der Waals surface area contributed by atoms with E-state index in [0.717, 1.165) is 24.8 Å². The number of nitriles is 1. The molecular weight excluding hydrogens is 468 g/mol. The van der Waals surface area contributed by atoms with Crippen LogP contribution in [0.15, 0.2) is 61.1 Å². The van der Waals surface area contributed by atoms with Crippen molar-refractivity contribution in [2.45, 2.75) is 31.7 Å². The van der Waals surface area contributed by atoms with Gasteiger partial charge in [0.1, 0.15) is 35.1 Å². The number of carbonyl (C=O) groups is 2. The highest BCUT2D eigenvalue weighted by molar-refractivity contribution is 6.04. The Morgan fingerprint density at radius 3 is 2.65 bits per heavy atom. The number of nitrogens with one attached hydrogen (secondary N) is 1. The molecule has 1 aliphatic heterocycles. The second kappa shape index (κ2) is 8.71. The second-order valence-corrected chi connectivity index (χ2v) is 9.67. The lowest BCUT2D eigenvalue weighted by molar-refractivity contribution is -0.131. The summed E-state index contributed by atoms with van der Waals surface area (Å²) >= 11 is 0. The number of hydrogen-bond donors (Lipinski definition) is 2. The lowest BCUT2D eigenvalue weighted by Crippen LogP contribution is -2.31. The first kappa shape index (κ1) is 22.7. The SMILES string of the molecule is N#CCC(=O)N1CC2(CC2)C[C@H]1c1nc(-c2ccc(C(=O)Nc3ccccn3)cc2)c2c(N)nccn12. The van der Waals surface area contributed by atoms with Crippen LogP contribution in [-0.4, -0.2) is 42.6 Å². The molecule has 0 bridgehead atoms. The highest BCUT2D eigenvalue weighted by Gasteiger charge is 2.54. The third-order valence-electron chi connectivity index (χ3n) is 7.25. The van der Waals surface area contributed by atoms with Gasteiger partial charge in [-0.05, 0) is 48.9 Å². The van der Waals surface area contributed by atoms with Crippen molar-refractivity contribution >= 4 is 29.0 Å². The van der Waals surface area contributed by atoms with Gasteiger partial charge in [-0.3, -0.25) is 14.0 Å². The highest BCUT2D eigenvalue weighted by atomic mass is 16.2. The molecule has 4 aromatic rings. The van der Waals surface area contributed by atoms with Gasteiger partial charge in [-0.15, -0.1) is 0 Å². The van der Waals surface area contributed by atoms with E-state index in [0.29, 0.717) is 40.8 Å². The summed E-state index contributed by atoms with van der Waals surface area (Å²) in [4.78, 5) is 40.7. The maximum Gasteiger partial charge on any atom is 0.256 e. The Kier molecular flexibility index (Phi) is 5.34. The molecule has 3 N–H and O–H groups in total. The molecule has 10 nitrogen and oxygen atoms in total. The summed E-state index contributed by atoms with van der Waals surface area (Å²) in [6, 6.07) is 14.1. The molecule has 0 unspecified atom stereocenters. The van der Waals surface area contributed by atoms with E-state index in [1.54, 1.807) is 53.8 Å². The van der Waals surface area contributed by atoms with Crippen molar-refractivity contribution in [1.82, 2.24) is 24.3 Å². The van der Waals surface area contributed by atoms with E-state index in [1.165, 1.54) is 0 Å². The van der Waals surface area contributed by atoms with Crippen LogP contribution in [0.5, 0.6) is 0 Å². The van der Waals surface area contributed by atoms with Gasteiger partial charge in [0, 0.05) is 36.3 Å². The maximum atomic E-state index is 12.8. The van der Waals surface area contributed by atoms with Crippen LogP contribution >= 0.6 is 0 Å². The first-order valence-corrected chi connectivity index (χ1v) is 12.1. The molecule has 1 saturated heterocycles. The normalized spacial score (nSPS) is 17.6. The number of amides is 2. The smallest absolute Gasteiger partial charge is 0.256 e. The van der Waals surface area contributed by atoms with Gasteiger partial charge in [-0.1, -0.05) is 18.2 Å². The van der Waals surface area contributed by atoms with Crippen LogP contribution in [0.4, 0.5) is 11.6 Å². The molecule has 184 valence electrons. The monoisotopic (exact) mass is 492 g/mol. The zero-order valence-electron chi connectivity index (χ0n) is 20.0. The van der Waals surface area contributed by atoms with E-state index in [2.05, 4.69) is 15.3 Å². The number of nitrogen functional groups attached to an aromatic ring is 1. The number of carbonyl (C=O) groups excluding carboxylic acids is 2. The Bertz CT molecular complexity index is 1550. The third kappa shape index (κ3) is 4.04. The van der Waals surface area contributed by atoms with E-state index >= 15 is 0 Å². The fraction of sp³-hybridized carbons (Fsp3) is 0.259. The highest BCUT2D eigenvalue weighted by Crippen LogP contribution is 2.58. The molecule has 1 aromatic carbocycles. The predicted molar refractivity (Wildman–Crippen MR) is 136 cm³/mol. The van der Waals surface area contributed by atoms with Gasteiger partial charge >= 0.3 is 0 Å². The van der Waals surface area contributed by atoms with Crippen LogP contribution in [-0.2, 0) is 4.79 Å². The number of anilines is 2. The number of nitrogens with zero attached hydrogens (tertiary/aromatic N) is 6. The summed E-state index contributed by atoms with van der Waals surface area (Å²) in [5.41, 5.74) is 8.94. The Hall–Kier alpha value is -4.78. The largest absolute Gasteiger partial charge is 0.382 e. The molecule has 37 heavy (non-hydrogen) atoms. The zero-order valence-corrected chi connectivity index (χ0v) is 20.0. The topological polar surface area (TPSA) is 142 Å². The van der Waals surface area contributed by atoms with E-state index in [4.69, 9.17) is 16.0 Å². The number of nitrogens with two attached hydrogens (primary N) is 1. The van der Waals surface area contributed by atoms with Gasteiger partial charge in [0.05, 0.1) is 12.1 Å². The molecule has 1 atom stereocenters. The summed E-state index contributed by atoms with van der Waals surface area (Å²) in [7, 11) is 0. The predicted octanol–water partition coefficient (Wildman–Crippen LogP) is 3.59. The fourth-order valence-electron chi connectivity index (χ4n) is 5.19. The van der Waals surface area contributed by atoms with Crippen LogP contribution in [0.3, 0.4) is 0 Å². The zero-order chi connectivity index (χ0) is 25.6. The summed E-state index contributed by atoms with van der Waals surface area (Å²) in [5.74, 6) is 1.04. The molecule has 6 rings (SSSR count). The number of rotatable bonds is 5. The third-order valence-corrected chi connectivity index (χ3v) is 7.25. The van der Waals surface area contributed by atoms with Crippen molar-refractivity contribution in [2.75, 3.05) is 17.6 Å². The standard InChI is InChI=1S/C27H24N8O2/c28-11-8-21(36)35-16-27(9-10-27)15-19(35)25-33-22(23-24(29)31-13-14-34(23)25)17-4-6-18(7-5-17)26(37)32-20-3-1-2-12-30-20/h1-7,12-14,19H,8-10,15-16H2,(H2,29,31)(H,30,32,37)/t19-/m0/s1. The minimum Gasteiger partial charge on any atom is -0.382 e. The van der Waals surface area contributed by atoms with Gasteiger partial charge < -0.3 is 16.0 Å². The maximum absolute atomic E-state index is 12.8. The van der Waals surface area contributed by atoms with E-state index in [-0.39, 0.29) is 29.7 Å². The number of aromatic nitrogens is 4.